The molecule has 2 aromatic heterocycles. The largest absolute Gasteiger partial charge is 0.242 e. The minimum Gasteiger partial charge on any atom is -0.242 e. The van der Waals surface area contributed by atoms with Crippen LogP contribution in [0.15, 0.2) is 30.6 Å². The number of pyridine rings is 1. The van der Waals surface area contributed by atoms with Gasteiger partial charge in [-0.15, -0.1) is 0 Å². The van der Waals surface area contributed by atoms with E-state index in [2.05, 4.69) is 5.10 Å². The highest BCUT2D eigenvalue weighted by atomic mass is 15.2. The topological polar surface area (TPSA) is 17.3 Å². The summed E-state index contributed by atoms with van der Waals surface area (Å²) in [6.45, 7) is 0. The number of fused-ring (bicyclic) bond motifs is 1. The van der Waals surface area contributed by atoms with Crippen LogP contribution in [0.5, 0.6) is 0 Å². The lowest BCUT2D eigenvalue weighted by molar-refractivity contribution is 0.967. The van der Waals surface area contributed by atoms with Crippen LogP contribution in [0.4, 0.5) is 0 Å². The van der Waals surface area contributed by atoms with Crippen molar-refractivity contribution in [2.75, 3.05) is 0 Å². The van der Waals surface area contributed by atoms with Gasteiger partial charge in [0.25, 0.3) is 0 Å². The van der Waals surface area contributed by atoms with Gasteiger partial charge in [-0.3, -0.25) is 0 Å². The quantitative estimate of drug-likeness (QED) is 0.461. The zero-order valence-corrected chi connectivity index (χ0v) is 5.36. The zero-order chi connectivity index (χ0) is 6.97. The summed E-state index contributed by atoms with van der Waals surface area (Å²) in [6, 6.07) is 5.72. The van der Waals surface area contributed by atoms with Crippen LogP contribution >= 0.6 is 0 Å². The maximum atomic E-state index is 5.52. The number of rotatable bonds is 0. The summed E-state index contributed by atoms with van der Waals surface area (Å²) in [7, 11) is 5.52. The van der Waals surface area contributed by atoms with E-state index in [1.165, 1.54) is 0 Å². The Bertz CT molecular complexity index is 353. The van der Waals surface area contributed by atoms with Crippen LogP contribution < -0.4 is 5.46 Å². The second-order valence-electron chi connectivity index (χ2n) is 2.16. The third-order valence-electron chi connectivity index (χ3n) is 1.42. The third kappa shape index (κ3) is 0.710. The van der Waals surface area contributed by atoms with E-state index in [0.717, 1.165) is 11.0 Å². The second kappa shape index (κ2) is 1.87. The van der Waals surface area contributed by atoms with Gasteiger partial charge in [-0.25, -0.2) is 4.52 Å². The van der Waals surface area contributed by atoms with Gasteiger partial charge in [-0.1, -0.05) is 11.5 Å². The van der Waals surface area contributed by atoms with Gasteiger partial charge in [-0.2, -0.15) is 5.10 Å². The summed E-state index contributed by atoms with van der Waals surface area (Å²) in [4.78, 5) is 0. The van der Waals surface area contributed by atoms with Gasteiger partial charge in [0.05, 0.1) is 5.52 Å². The predicted molar refractivity (Wildman–Crippen MR) is 40.6 cm³/mol. The average molecular weight is 128 g/mol. The molecule has 0 aliphatic carbocycles. The van der Waals surface area contributed by atoms with Gasteiger partial charge >= 0.3 is 0 Å². The molecule has 0 atom stereocenters. The molecule has 2 nitrogen and oxygen atoms in total. The molecular weight excluding hydrogens is 123 g/mol. The number of hydrogen-bond donors (Lipinski definition) is 0. The van der Waals surface area contributed by atoms with Crippen molar-refractivity contribution in [1.29, 1.82) is 0 Å². The van der Waals surface area contributed by atoms with E-state index in [9.17, 15) is 0 Å². The first-order valence-electron chi connectivity index (χ1n) is 3.05. The Morgan fingerprint density at radius 2 is 2.20 bits per heavy atom. The summed E-state index contributed by atoms with van der Waals surface area (Å²) in [6.07, 6.45) is 3.53. The van der Waals surface area contributed by atoms with E-state index in [1.54, 1.807) is 16.9 Å². The summed E-state index contributed by atoms with van der Waals surface area (Å²) in [5.41, 5.74) is 1.80. The molecule has 0 aromatic carbocycles. The van der Waals surface area contributed by atoms with Crippen LogP contribution in [0.3, 0.4) is 0 Å². The van der Waals surface area contributed by atoms with Gasteiger partial charge in [-0.05, 0) is 12.1 Å². The summed E-state index contributed by atoms with van der Waals surface area (Å²) in [5.74, 6) is 0. The van der Waals surface area contributed by atoms with E-state index in [4.69, 9.17) is 7.85 Å². The SMILES string of the molecule is [B]c1ccc2ccnn2c1. The molecule has 10 heavy (non-hydrogen) atoms. The molecular formula is C7H5BN2. The Morgan fingerprint density at radius 3 is 3.10 bits per heavy atom. The Kier molecular flexibility index (Phi) is 1.03. The van der Waals surface area contributed by atoms with E-state index in [-0.39, 0.29) is 0 Å². The van der Waals surface area contributed by atoms with Crippen molar-refractivity contribution in [3.05, 3.63) is 30.6 Å². The molecule has 2 radical (unpaired) electrons. The van der Waals surface area contributed by atoms with Crippen molar-refractivity contribution in [2.45, 2.75) is 0 Å². The first-order chi connectivity index (χ1) is 4.86. The molecule has 0 amide bonds. The first-order valence-corrected chi connectivity index (χ1v) is 3.05. The van der Waals surface area contributed by atoms with Crippen LogP contribution in [-0.2, 0) is 0 Å². The average Bonchev–Trinajstić information content (AvgIpc) is 2.33. The lowest BCUT2D eigenvalue weighted by Gasteiger charge is -1.93. The number of aromatic nitrogens is 2. The molecule has 0 bridgehead atoms. The molecule has 0 N–H and O–H groups in total. The van der Waals surface area contributed by atoms with Gasteiger partial charge in [0.2, 0.25) is 0 Å². The first kappa shape index (κ1) is 5.53. The maximum Gasteiger partial charge on any atom is 0.115 e. The maximum absolute atomic E-state index is 5.52. The highest BCUT2D eigenvalue weighted by Crippen LogP contribution is 1.96. The lowest BCUT2D eigenvalue weighted by Crippen LogP contribution is -2.04. The Morgan fingerprint density at radius 1 is 1.30 bits per heavy atom. The van der Waals surface area contributed by atoms with Crippen LogP contribution in [0.25, 0.3) is 5.52 Å². The Hall–Kier alpha value is -1.25. The van der Waals surface area contributed by atoms with Crippen LogP contribution in [0, 0.1) is 0 Å². The molecule has 46 valence electrons. The van der Waals surface area contributed by atoms with E-state index < -0.39 is 0 Å². The van der Waals surface area contributed by atoms with Crippen molar-refractivity contribution in [2.24, 2.45) is 0 Å². The highest BCUT2D eigenvalue weighted by molar-refractivity contribution is 6.32. The lowest BCUT2D eigenvalue weighted by atomic mass is 9.99. The number of hydrogen-bond acceptors (Lipinski definition) is 1. The molecule has 0 spiro atoms. The normalized spacial score (nSPS) is 10.4. The monoisotopic (exact) mass is 128 g/mol. The van der Waals surface area contributed by atoms with Crippen LogP contribution in [0.1, 0.15) is 0 Å². The fourth-order valence-electron chi connectivity index (χ4n) is 0.930. The van der Waals surface area contributed by atoms with Crippen molar-refractivity contribution in [3.63, 3.8) is 0 Å². The molecule has 2 aromatic rings. The van der Waals surface area contributed by atoms with Gasteiger partial charge in [0.1, 0.15) is 7.85 Å². The minimum atomic E-state index is 0.733. The second-order valence-corrected chi connectivity index (χ2v) is 2.16. The fourth-order valence-corrected chi connectivity index (χ4v) is 0.930. The molecule has 2 heterocycles. The van der Waals surface area contributed by atoms with Crippen LogP contribution in [0.2, 0.25) is 0 Å². The molecule has 0 unspecified atom stereocenters. The fraction of sp³-hybridized carbons (Fsp3) is 0. The summed E-state index contributed by atoms with van der Waals surface area (Å²) >= 11 is 0. The van der Waals surface area contributed by atoms with Gasteiger partial charge < -0.3 is 0 Å². The minimum absolute atomic E-state index is 0.733. The molecule has 3 heteroatoms. The van der Waals surface area contributed by atoms with Crippen molar-refractivity contribution in [1.82, 2.24) is 9.61 Å². The van der Waals surface area contributed by atoms with Gasteiger partial charge in [0, 0.05) is 12.4 Å². The van der Waals surface area contributed by atoms with E-state index >= 15 is 0 Å². The van der Waals surface area contributed by atoms with E-state index in [0.29, 0.717) is 0 Å². The van der Waals surface area contributed by atoms with Gasteiger partial charge in [0.15, 0.2) is 0 Å². The number of nitrogens with zero attached hydrogens (tertiary/aromatic N) is 2. The standard InChI is InChI=1S/C7H5BN2/c8-6-1-2-7-3-4-9-10(7)5-6/h1-5H. The Balaban J connectivity index is 2.86. The molecule has 0 saturated carbocycles. The summed E-state index contributed by atoms with van der Waals surface area (Å²) in [5, 5.41) is 4.02. The molecule has 2 rings (SSSR count). The molecule has 0 aliphatic rings. The predicted octanol–water partition coefficient (Wildman–Crippen LogP) is 0.128. The highest BCUT2D eigenvalue weighted by Gasteiger charge is 1.89. The van der Waals surface area contributed by atoms with Crippen molar-refractivity contribution >= 4 is 18.8 Å². The smallest absolute Gasteiger partial charge is 0.115 e. The molecule has 0 saturated heterocycles. The van der Waals surface area contributed by atoms with Crippen molar-refractivity contribution in [3.8, 4) is 0 Å². The molecule has 0 fully saturated rings. The van der Waals surface area contributed by atoms with E-state index in [1.807, 2.05) is 18.2 Å². The van der Waals surface area contributed by atoms with Crippen LogP contribution in [-0.4, -0.2) is 17.5 Å². The summed E-state index contributed by atoms with van der Waals surface area (Å²) < 4.78 is 1.75. The zero-order valence-electron chi connectivity index (χ0n) is 5.36. The van der Waals surface area contributed by atoms with Crippen molar-refractivity contribution < 1.29 is 0 Å². The molecule has 0 aliphatic heterocycles. The Labute approximate surface area is 59.9 Å². The third-order valence-corrected chi connectivity index (χ3v) is 1.42.